The summed E-state index contributed by atoms with van der Waals surface area (Å²) in [4.78, 5) is 9.33. The summed E-state index contributed by atoms with van der Waals surface area (Å²) < 4.78 is 14.4. The van der Waals surface area contributed by atoms with Crippen LogP contribution >= 0.6 is 0 Å². The molecule has 0 fully saturated rings. The molecule has 1 heterocycles. The Morgan fingerprint density at radius 3 is 1.97 bits per heavy atom. The number of aromatic nitrogens is 2. The molecule has 162 valence electrons. The first-order valence-corrected chi connectivity index (χ1v) is 11.1. The lowest BCUT2D eigenvalue weighted by molar-refractivity contribution is 0.630. The Morgan fingerprint density at radius 2 is 1.27 bits per heavy atom. The minimum atomic E-state index is -0.327. The van der Waals surface area contributed by atoms with Gasteiger partial charge in [-0.05, 0) is 41.8 Å². The van der Waals surface area contributed by atoms with Crippen molar-refractivity contribution in [2.75, 3.05) is 11.9 Å². The molecule has 0 atom stereocenters. The van der Waals surface area contributed by atoms with Gasteiger partial charge in [-0.15, -0.1) is 0 Å². The van der Waals surface area contributed by atoms with Crippen molar-refractivity contribution >= 4 is 16.7 Å². The molecule has 0 amide bonds. The second-order valence-electron chi connectivity index (χ2n) is 7.98. The largest absolute Gasteiger partial charge is 0.369 e. The van der Waals surface area contributed by atoms with Gasteiger partial charge >= 0.3 is 0 Å². The summed E-state index contributed by atoms with van der Waals surface area (Å²) >= 11 is 0. The maximum atomic E-state index is 14.4. The first kappa shape index (κ1) is 20.8. The van der Waals surface area contributed by atoms with Crippen molar-refractivity contribution in [3.8, 4) is 11.4 Å². The van der Waals surface area contributed by atoms with Gasteiger partial charge < -0.3 is 5.32 Å². The quantitative estimate of drug-likeness (QED) is 0.298. The minimum absolute atomic E-state index is 0.263. The van der Waals surface area contributed by atoms with Gasteiger partial charge in [-0.2, -0.15) is 0 Å². The summed E-state index contributed by atoms with van der Waals surface area (Å²) in [5.41, 5.74) is 3.75. The van der Waals surface area contributed by atoms with Gasteiger partial charge in [-0.3, -0.25) is 0 Å². The summed E-state index contributed by atoms with van der Waals surface area (Å²) in [7, 11) is 0. The van der Waals surface area contributed by atoms with E-state index in [2.05, 4.69) is 58.8 Å². The zero-order valence-electron chi connectivity index (χ0n) is 18.2. The zero-order chi connectivity index (χ0) is 22.5. The normalized spacial score (nSPS) is 11.1. The Labute approximate surface area is 193 Å². The third kappa shape index (κ3) is 4.60. The Hall–Kier alpha value is -4.05. The average Bonchev–Trinajstić information content (AvgIpc) is 2.88. The summed E-state index contributed by atoms with van der Waals surface area (Å²) in [5.74, 6) is 1.04. The Bertz CT molecular complexity index is 1310. The van der Waals surface area contributed by atoms with Gasteiger partial charge in [0.1, 0.15) is 11.6 Å². The SMILES string of the molecule is Fc1ccccc1-c1nc(NCCC(c2ccccc2)c2ccccc2)c2ccccc2n1. The van der Waals surface area contributed by atoms with Gasteiger partial charge in [0.15, 0.2) is 5.82 Å². The molecular weight excluding hydrogens is 409 g/mol. The molecule has 0 aliphatic heterocycles. The number of para-hydroxylation sites is 1. The molecule has 0 aliphatic rings. The molecule has 0 saturated carbocycles. The van der Waals surface area contributed by atoms with E-state index < -0.39 is 0 Å². The van der Waals surface area contributed by atoms with E-state index in [1.54, 1.807) is 18.2 Å². The van der Waals surface area contributed by atoms with E-state index in [4.69, 9.17) is 4.98 Å². The highest BCUT2D eigenvalue weighted by Crippen LogP contribution is 2.29. The summed E-state index contributed by atoms with van der Waals surface area (Å²) in [6.45, 7) is 0.714. The predicted octanol–water partition coefficient (Wildman–Crippen LogP) is 7.07. The first-order valence-electron chi connectivity index (χ1n) is 11.1. The molecule has 0 saturated heterocycles. The second kappa shape index (κ2) is 9.61. The van der Waals surface area contributed by atoms with Crippen LogP contribution in [0.5, 0.6) is 0 Å². The molecule has 33 heavy (non-hydrogen) atoms. The van der Waals surface area contributed by atoms with Crippen LogP contribution in [-0.4, -0.2) is 16.5 Å². The fourth-order valence-corrected chi connectivity index (χ4v) is 4.21. The molecule has 3 nitrogen and oxygen atoms in total. The van der Waals surface area contributed by atoms with E-state index in [9.17, 15) is 4.39 Å². The highest BCUT2D eigenvalue weighted by atomic mass is 19.1. The number of halogens is 1. The Morgan fingerprint density at radius 1 is 0.667 bits per heavy atom. The van der Waals surface area contributed by atoms with E-state index in [-0.39, 0.29) is 11.7 Å². The van der Waals surface area contributed by atoms with Crippen LogP contribution in [0, 0.1) is 5.82 Å². The van der Waals surface area contributed by atoms with Crippen LogP contribution in [0.3, 0.4) is 0 Å². The number of benzene rings is 4. The van der Waals surface area contributed by atoms with Crippen LogP contribution in [0.25, 0.3) is 22.3 Å². The number of hydrogen-bond acceptors (Lipinski definition) is 3. The van der Waals surface area contributed by atoms with Crippen LogP contribution in [0.1, 0.15) is 23.5 Å². The van der Waals surface area contributed by atoms with E-state index in [1.165, 1.54) is 17.2 Å². The van der Waals surface area contributed by atoms with Crippen molar-refractivity contribution in [1.29, 1.82) is 0 Å². The molecule has 4 heteroatoms. The van der Waals surface area contributed by atoms with Crippen LogP contribution in [-0.2, 0) is 0 Å². The van der Waals surface area contributed by atoms with Crippen molar-refractivity contribution in [1.82, 2.24) is 9.97 Å². The standard InChI is InChI=1S/C29H24FN3/c30-26-17-9-7-15-24(26)29-32-27-18-10-8-16-25(27)28(33-29)31-20-19-23(21-11-3-1-4-12-21)22-13-5-2-6-14-22/h1-18,23H,19-20H2,(H,31,32,33). The third-order valence-electron chi connectivity index (χ3n) is 5.85. The van der Waals surface area contributed by atoms with E-state index in [0.29, 0.717) is 17.9 Å². The van der Waals surface area contributed by atoms with E-state index >= 15 is 0 Å². The summed E-state index contributed by atoms with van der Waals surface area (Å²) in [6, 6.07) is 35.6. The van der Waals surface area contributed by atoms with Crippen LogP contribution in [0.2, 0.25) is 0 Å². The smallest absolute Gasteiger partial charge is 0.165 e. The molecule has 5 rings (SSSR count). The highest BCUT2D eigenvalue weighted by molar-refractivity contribution is 5.90. The summed E-state index contributed by atoms with van der Waals surface area (Å²) in [5, 5.41) is 4.44. The molecule has 5 aromatic rings. The predicted molar refractivity (Wildman–Crippen MR) is 133 cm³/mol. The number of nitrogens with one attached hydrogen (secondary N) is 1. The minimum Gasteiger partial charge on any atom is -0.369 e. The maximum Gasteiger partial charge on any atom is 0.165 e. The molecule has 1 N–H and O–H groups in total. The fourth-order valence-electron chi connectivity index (χ4n) is 4.21. The van der Waals surface area contributed by atoms with E-state index in [1.807, 2.05) is 36.4 Å². The monoisotopic (exact) mass is 433 g/mol. The van der Waals surface area contributed by atoms with Gasteiger partial charge in [0, 0.05) is 17.8 Å². The first-order chi connectivity index (χ1) is 16.3. The van der Waals surface area contributed by atoms with Crippen molar-refractivity contribution in [2.24, 2.45) is 0 Å². The van der Waals surface area contributed by atoms with Crippen LogP contribution in [0.4, 0.5) is 10.2 Å². The van der Waals surface area contributed by atoms with Gasteiger partial charge in [0.2, 0.25) is 0 Å². The molecular formula is C29H24FN3. The van der Waals surface area contributed by atoms with Gasteiger partial charge in [-0.1, -0.05) is 84.9 Å². The second-order valence-corrected chi connectivity index (χ2v) is 7.98. The van der Waals surface area contributed by atoms with Crippen molar-refractivity contribution < 1.29 is 4.39 Å². The average molecular weight is 434 g/mol. The topological polar surface area (TPSA) is 37.8 Å². The van der Waals surface area contributed by atoms with Gasteiger partial charge in [0.05, 0.1) is 11.1 Å². The van der Waals surface area contributed by atoms with Crippen molar-refractivity contribution in [2.45, 2.75) is 12.3 Å². The molecule has 1 aromatic heterocycles. The molecule has 0 spiro atoms. The Balaban J connectivity index is 1.44. The molecule has 4 aromatic carbocycles. The lowest BCUT2D eigenvalue weighted by Crippen LogP contribution is -2.11. The number of fused-ring (bicyclic) bond motifs is 1. The number of hydrogen-bond donors (Lipinski definition) is 1. The third-order valence-corrected chi connectivity index (χ3v) is 5.85. The molecule has 0 bridgehead atoms. The number of nitrogens with zero attached hydrogens (tertiary/aromatic N) is 2. The lowest BCUT2D eigenvalue weighted by Gasteiger charge is -2.19. The fraction of sp³-hybridized carbons (Fsp3) is 0.103. The van der Waals surface area contributed by atoms with Crippen LogP contribution < -0.4 is 5.32 Å². The Kier molecular flexibility index (Phi) is 6.07. The van der Waals surface area contributed by atoms with Gasteiger partial charge in [-0.25, -0.2) is 14.4 Å². The van der Waals surface area contributed by atoms with E-state index in [0.717, 1.165) is 23.1 Å². The zero-order valence-corrected chi connectivity index (χ0v) is 18.2. The van der Waals surface area contributed by atoms with Crippen LogP contribution in [0.15, 0.2) is 109 Å². The molecule has 0 unspecified atom stereocenters. The lowest BCUT2D eigenvalue weighted by atomic mass is 9.88. The van der Waals surface area contributed by atoms with Crippen molar-refractivity contribution in [3.05, 3.63) is 126 Å². The number of anilines is 1. The number of rotatable bonds is 7. The molecule has 0 aliphatic carbocycles. The molecule has 0 radical (unpaired) electrons. The van der Waals surface area contributed by atoms with Gasteiger partial charge in [0.25, 0.3) is 0 Å². The maximum absolute atomic E-state index is 14.4. The summed E-state index contributed by atoms with van der Waals surface area (Å²) in [6.07, 6.45) is 0.890. The highest BCUT2D eigenvalue weighted by Gasteiger charge is 2.15. The van der Waals surface area contributed by atoms with Crippen molar-refractivity contribution in [3.63, 3.8) is 0 Å².